The quantitative estimate of drug-likeness (QED) is 0.357. The highest BCUT2D eigenvalue weighted by atomic mass is 31.2. The monoisotopic (exact) mass is 139 g/mol. The third kappa shape index (κ3) is 5.98. The lowest BCUT2D eigenvalue weighted by atomic mass is 10.6. The van der Waals surface area contributed by atoms with Crippen molar-refractivity contribution in [2.75, 3.05) is 6.16 Å². The number of aldehydes is 1. The molecule has 48 valence electrons. The van der Waals surface area contributed by atoms with Crippen LogP contribution < -0.4 is 0 Å². The number of rotatable bonds is 3. The minimum absolute atomic E-state index is 0.00270. The van der Waals surface area contributed by atoms with Crippen molar-refractivity contribution < 1.29 is 19.5 Å². The Morgan fingerprint density at radius 2 is 1.88 bits per heavy atom. The Morgan fingerprint density at radius 1 is 1.38 bits per heavy atom. The summed E-state index contributed by atoms with van der Waals surface area (Å²) in [5, 5.41) is 0. The molecular weight excluding hydrogens is 131 g/mol. The first kappa shape index (κ1) is 7.98. The van der Waals surface area contributed by atoms with Crippen LogP contribution in [0.4, 0.5) is 0 Å². The molecule has 0 amide bonds. The summed E-state index contributed by atoms with van der Waals surface area (Å²) in [7, 11) is -3.66. The van der Waals surface area contributed by atoms with Crippen molar-refractivity contribution in [2.45, 2.75) is 6.42 Å². The summed E-state index contributed by atoms with van der Waals surface area (Å²) in [4.78, 5) is 34.2. The van der Waals surface area contributed by atoms with Gasteiger partial charge in [0.25, 0.3) is 0 Å². The molecule has 0 aromatic rings. The van der Waals surface area contributed by atoms with Crippen molar-refractivity contribution in [1.29, 1.82) is 0 Å². The van der Waals surface area contributed by atoms with Crippen molar-refractivity contribution in [3.8, 4) is 0 Å². The Kier molecular flexibility index (Phi) is 3.09. The smallest absolute Gasteiger partial charge is 0.303 e. The fourth-order valence-corrected chi connectivity index (χ4v) is 0.678. The summed E-state index contributed by atoms with van der Waals surface area (Å²) >= 11 is 0. The second-order valence-corrected chi connectivity index (χ2v) is 3.20. The molecule has 0 unspecified atom stereocenters. The van der Waals surface area contributed by atoms with E-state index in [2.05, 4.69) is 0 Å². The van der Waals surface area contributed by atoms with Crippen LogP contribution in [0.15, 0.2) is 0 Å². The topological polar surface area (TPSA) is 77.8 Å². The van der Waals surface area contributed by atoms with E-state index in [4.69, 9.17) is 14.7 Å². The predicted octanol–water partition coefficient (Wildman–Crippen LogP) is -0.685. The highest BCUT2D eigenvalue weighted by molar-refractivity contribution is 7.58. The molecule has 5 heteroatoms. The number of hydrogen-bond donors (Lipinski definition) is 3. The molecule has 3 N–H and O–H groups in total. The summed E-state index contributed by atoms with van der Waals surface area (Å²) in [6.07, 6.45) is 0.297. The number of hydrogen-bond acceptors (Lipinski definition) is 4. The normalized spacial score (nSPS) is 11.4. The Balaban J connectivity index is 3.24. The van der Waals surface area contributed by atoms with Gasteiger partial charge in [-0.2, -0.15) is 14.7 Å². The Morgan fingerprint density at radius 3 is 2.00 bits per heavy atom. The summed E-state index contributed by atoms with van der Waals surface area (Å²) < 4.78 is 0. The molecule has 0 aliphatic heterocycles. The Labute approximate surface area is 47.4 Å². The number of carbonyl (C=O) groups excluding carboxylic acids is 1. The molecule has 0 spiro atoms. The minimum Gasteiger partial charge on any atom is -0.303 e. The lowest BCUT2D eigenvalue weighted by Gasteiger charge is -1.97. The van der Waals surface area contributed by atoms with Crippen LogP contribution >= 0.6 is 7.94 Å². The molecule has 0 saturated heterocycles. The van der Waals surface area contributed by atoms with Gasteiger partial charge in [0.15, 0.2) is 0 Å². The molecule has 4 nitrogen and oxygen atoms in total. The highest BCUT2D eigenvalue weighted by Crippen LogP contribution is 2.44. The van der Waals surface area contributed by atoms with Crippen LogP contribution in [-0.4, -0.2) is 27.1 Å². The third-order valence-electron chi connectivity index (χ3n) is 0.547. The first-order chi connectivity index (χ1) is 3.56. The average Bonchev–Trinajstić information content (AvgIpc) is 1.59. The van der Waals surface area contributed by atoms with E-state index >= 15 is 0 Å². The third-order valence-corrected chi connectivity index (χ3v) is 1.41. The van der Waals surface area contributed by atoms with Gasteiger partial charge in [-0.15, -0.1) is 0 Å². The zero-order valence-electron chi connectivity index (χ0n) is 4.19. The van der Waals surface area contributed by atoms with E-state index in [1.54, 1.807) is 0 Å². The van der Waals surface area contributed by atoms with E-state index in [-0.39, 0.29) is 12.6 Å². The molecule has 0 radical (unpaired) electrons. The van der Waals surface area contributed by atoms with Crippen molar-refractivity contribution >= 4 is 14.2 Å². The second kappa shape index (κ2) is 3.10. The molecule has 8 heavy (non-hydrogen) atoms. The minimum atomic E-state index is -3.66. The van der Waals surface area contributed by atoms with Crippen LogP contribution in [0.5, 0.6) is 0 Å². The predicted molar refractivity (Wildman–Crippen MR) is 29.1 cm³/mol. The molecule has 0 aromatic heterocycles. The van der Waals surface area contributed by atoms with Crippen LogP contribution in [0.25, 0.3) is 0 Å². The highest BCUT2D eigenvalue weighted by Gasteiger charge is 2.27. The molecule has 0 rings (SSSR count). The van der Waals surface area contributed by atoms with Crippen molar-refractivity contribution in [1.82, 2.24) is 0 Å². The van der Waals surface area contributed by atoms with Crippen LogP contribution in [0.2, 0.25) is 0 Å². The van der Waals surface area contributed by atoms with Crippen LogP contribution in [-0.2, 0) is 4.79 Å². The first-order valence-corrected chi connectivity index (χ1v) is 3.89. The number of carbonyl (C=O) groups is 1. The lowest BCUT2D eigenvalue weighted by Crippen LogP contribution is -1.94. The van der Waals surface area contributed by atoms with E-state index in [0.717, 1.165) is 0 Å². The molecule has 0 bridgehead atoms. The maximum Gasteiger partial charge on any atom is 0.404 e. The van der Waals surface area contributed by atoms with Gasteiger partial charge in [0.05, 0.1) is 0 Å². The van der Waals surface area contributed by atoms with Crippen LogP contribution in [0.3, 0.4) is 0 Å². The molecule has 0 atom stereocenters. The van der Waals surface area contributed by atoms with E-state index in [1.165, 1.54) is 0 Å². The van der Waals surface area contributed by atoms with E-state index in [0.29, 0.717) is 6.29 Å². The van der Waals surface area contributed by atoms with Crippen molar-refractivity contribution in [3.05, 3.63) is 0 Å². The molecule has 0 aliphatic rings. The van der Waals surface area contributed by atoms with Crippen molar-refractivity contribution in [3.63, 3.8) is 0 Å². The Bertz CT molecular complexity index is 75.8. The van der Waals surface area contributed by atoms with Gasteiger partial charge in [-0.3, -0.25) is 0 Å². The molecule has 0 heterocycles. The Hall–Kier alpha value is -0.0200. The molecule has 0 fully saturated rings. The first-order valence-electron chi connectivity index (χ1n) is 2.06. The van der Waals surface area contributed by atoms with Crippen LogP contribution in [0.1, 0.15) is 6.42 Å². The van der Waals surface area contributed by atoms with E-state index in [9.17, 15) is 4.79 Å². The fourth-order valence-electron chi connectivity index (χ4n) is 0.226. The van der Waals surface area contributed by atoms with Gasteiger partial charge in [0.1, 0.15) is 12.4 Å². The molecule has 0 aromatic carbocycles. The largest absolute Gasteiger partial charge is 0.404 e. The molecular formula is C3H8O4P+. The lowest BCUT2D eigenvalue weighted by molar-refractivity contribution is -0.107. The maximum absolute atomic E-state index is 9.54. The fraction of sp³-hybridized carbons (Fsp3) is 0.667. The van der Waals surface area contributed by atoms with E-state index in [1.807, 2.05) is 0 Å². The van der Waals surface area contributed by atoms with Crippen molar-refractivity contribution in [2.24, 2.45) is 0 Å². The van der Waals surface area contributed by atoms with Gasteiger partial charge in [-0.05, 0) is 0 Å². The maximum atomic E-state index is 9.54. The average molecular weight is 139 g/mol. The van der Waals surface area contributed by atoms with Gasteiger partial charge in [0.2, 0.25) is 0 Å². The molecule has 0 aliphatic carbocycles. The second-order valence-electron chi connectivity index (χ2n) is 1.37. The zero-order valence-corrected chi connectivity index (χ0v) is 5.08. The SMILES string of the molecule is O=CCC[P+](O)(O)O. The van der Waals surface area contributed by atoms with E-state index < -0.39 is 7.94 Å². The summed E-state index contributed by atoms with van der Waals surface area (Å²) in [6.45, 7) is 0. The summed E-state index contributed by atoms with van der Waals surface area (Å²) in [6, 6.07) is 0. The summed E-state index contributed by atoms with van der Waals surface area (Å²) in [5.74, 6) is 0. The summed E-state index contributed by atoms with van der Waals surface area (Å²) in [5.41, 5.74) is 0. The zero-order chi connectivity index (χ0) is 6.62. The van der Waals surface area contributed by atoms with Gasteiger partial charge < -0.3 is 4.79 Å². The van der Waals surface area contributed by atoms with Gasteiger partial charge in [-0.25, -0.2) is 0 Å². The van der Waals surface area contributed by atoms with Gasteiger partial charge in [-0.1, -0.05) is 0 Å². The standard InChI is InChI=1S/C3H8O4P/c4-2-1-3-8(5,6)7/h2,5-7H,1,3H2/q+1. The van der Waals surface area contributed by atoms with Gasteiger partial charge in [0, 0.05) is 6.42 Å². The van der Waals surface area contributed by atoms with Crippen LogP contribution in [0, 0.1) is 0 Å². The van der Waals surface area contributed by atoms with Gasteiger partial charge >= 0.3 is 7.94 Å². The molecule has 0 saturated carbocycles.